The Balaban J connectivity index is 2.16. The van der Waals surface area contributed by atoms with Gasteiger partial charge in [-0.05, 0) is 32.4 Å². The Labute approximate surface area is 120 Å². The van der Waals surface area contributed by atoms with Crippen LogP contribution >= 0.6 is 0 Å². The zero-order valence-electron chi connectivity index (χ0n) is 12.4. The lowest BCUT2D eigenvalue weighted by Gasteiger charge is -2.10. The van der Waals surface area contributed by atoms with Crippen LogP contribution in [0.2, 0.25) is 0 Å². The summed E-state index contributed by atoms with van der Waals surface area (Å²) < 4.78 is 10.5. The largest absolute Gasteiger partial charge is 0.497 e. The maximum Gasteiger partial charge on any atom is 0.239 e. The van der Waals surface area contributed by atoms with E-state index in [1.54, 1.807) is 7.11 Å². The Morgan fingerprint density at radius 3 is 2.85 bits per heavy atom. The molecule has 112 valence electrons. The molecule has 0 aliphatic heterocycles. The fourth-order valence-electron chi connectivity index (χ4n) is 1.60. The summed E-state index contributed by atoms with van der Waals surface area (Å²) in [5.74, 6) is 0.735. The normalized spacial score (nSPS) is 10.4. The molecule has 1 aromatic carbocycles. The van der Waals surface area contributed by atoms with Crippen molar-refractivity contribution in [3.63, 3.8) is 0 Å². The van der Waals surface area contributed by atoms with Crippen molar-refractivity contribution in [1.82, 2.24) is 5.32 Å². The van der Waals surface area contributed by atoms with E-state index >= 15 is 0 Å². The van der Waals surface area contributed by atoms with Crippen molar-refractivity contribution in [2.24, 2.45) is 0 Å². The number of ether oxygens (including phenoxy) is 2. The molecule has 0 saturated carbocycles. The van der Waals surface area contributed by atoms with Crippen molar-refractivity contribution in [2.75, 3.05) is 32.1 Å². The summed E-state index contributed by atoms with van der Waals surface area (Å²) >= 11 is 0. The quantitative estimate of drug-likeness (QED) is 0.680. The average molecular weight is 280 g/mol. The first-order chi connectivity index (χ1) is 9.61. The van der Waals surface area contributed by atoms with Gasteiger partial charge in [-0.15, -0.1) is 0 Å². The van der Waals surface area contributed by atoms with Crippen molar-refractivity contribution in [3.05, 3.63) is 24.3 Å². The van der Waals surface area contributed by atoms with Gasteiger partial charge < -0.3 is 20.1 Å². The standard InChI is InChI=1S/C15H24N2O3/c1-12(2)20-9-5-8-16-15(18)11-17-13-6-4-7-14(10-13)19-3/h4,6-7,10,12,17H,5,8-9,11H2,1-3H3,(H,16,18). The number of hydrogen-bond acceptors (Lipinski definition) is 4. The van der Waals surface area contributed by atoms with E-state index in [-0.39, 0.29) is 18.6 Å². The molecule has 0 radical (unpaired) electrons. The second kappa shape index (κ2) is 9.20. The van der Waals surface area contributed by atoms with Crippen LogP contribution in [0.1, 0.15) is 20.3 Å². The molecule has 0 atom stereocenters. The van der Waals surface area contributed by atoms with E-state index in [1.807, 2.05) is 38.1 Å². The van der Waals surface area contributed by atoms with Gasteiger partial charge >= 0.3 is 0 Å². The summed E-state index contributed by atoms with van der Waals surface area (Å²) in [7, 11) is 1.62. The van der Waals surface area contributed by atoms with Crippen LogP contribution in [0, 0.1) is 0 Å². The lowest BCUT2D eigenvalue weighted by molar-refractivity contribution is -0.119. The third-order valence-electron chi connectivity index (χ3n) is 2.62. The van der Waals surface area contributed by atoms with Gasteiger partial charge in [0.25, 0.3) is 0 Å². The molecule has 1 amide bonds. The van der Waals surface area contributed by atoms with E-state index in [0.29, 0.717) is 13.2 Å². The van der Waals surface area contributed by atoms with Crippen LogP contribution in [0.25, 0.3) is 0 Å². The lowest BCUT2D eigenvalue weighted by Crippen LogP contribution is -2.31. The second-order valence-electron chi connectivity index (χ2n) is 4.71. The predicted molar refractivity (Wildman–Crippen MR) is 80.2 cm³/mol. The van der Waals surface area contributed by atoms with E-state index in [0.717, 1.165) is 17.9 Å². The molecule has 0 heterocycles. The molecule has 0 unspecified atom stereocenters. The van der Waals surface area contributed by atoms with Crippen LogP contribution in [0.4, 0.5) is 5.69 Å². The van der Waals surface area contributed by atoms with Gasteiger partial charge in [-0.1, -0.05) is 6.07 Å². The third kappa shape index (κ3) is 6.99. The minimum absolute atomic E-state index is 0.0302. The van der Waals surface area contributed by atoms with Crippen LogP contribution in [-0.4, -0.2) is 38.8 Å². The highest BCUT2D eigenvalue weighted by molar-refractivity contribution is 5.80. The molecule has 0 aliphatic rings. The fraction of sp³-hybridized carbons (Fsp3) is 0.533. The third-order valence-corrected chi connectivity index (χ3v) is 2.62. The lowest BCUT2D eigenvalue weighted by atomic mass is 10.3. The van der Waals surface area contributed by atoms with Crippen molar-refractivity contribution in [1.29, 1.82) is 0 Å². The fourth-order valence-corrected chi connectivity index (χ4v) is 1.60. The van der Waals surface area contributed by atoms with E-state index < -0.39 is 0 Å². The zero-order chi connectivity index (χ0) is 14.8. The molecule has 5 nitrogen and oxygen atoms in total. The second-order valence-corrected chi connectivity index (χ2v) is 4.71. The number of nitrogens with one attached hydrogen (secondary N) is 2. The molecule has 1 aromatic rings. The van der Waals surface area contributed by atoms with Crippen LogP contribution in [0.5, 0.6) is 5.75 Å². The van der Waals surface area contributed by atoms with E-state index in [9.17, 15) is 4.79 Å². The summed E-state index contributed by atoms with van der Waals surface area (Å²) in [6, 6.07) is 7.48. The number of carbonyl (C=O) groups excluding carboxylic acids is 1. The molecule has 0 spiro atoms. The smallest absolute Gasteiger partial charge is 0.239 e. The first-order valence-electron chi connectivity index (χ1n) is 6.88. The maximum absolute atomic E-state index is 11.6. The Hall–Kier alpha value is -1.75. The monoisotopic (exact) mass is 280 g/mol. The number of rotatable bonds is 9. The number of benzene rings is 1. The molecule has 2 N–H and O–H groups in total. The maximum atomic E-state index is 11.6. The zero-order valence-corrected chi connectivity index (χ0v) is 12.4. The van der Waals surface area contributed by atoms with Gasteiger partial charge in [0.05, 0.1) is 19.8 Å². The van der Waals surface area contributed by atoms with Crippen LogP contribution in [0.3, 0.4) is 0 Å². The van der Waals surface area contributed by atoms with Crippen molar-refractivity contribution >= 4 is 11.6 Å². The molecular formula is C15H24N2O3. The first-order valence-corrected chi connectivity index (χ1v) is 6.88. The van der Waals surface area contributed by atoms with Gasteiger partial charge in [0, 0.05) is 24.9 Å². The molecule has 5 heteroatoms. The van der Waals surface area contributed by atoms with Crippen LogP contribution < -0.4 is 15.4 Å². The number of anilines is 1. The van der Waals surface area contributed by atoms with Crippen LogP contribution in [0.15, 0.2) is 24.3 Å². The van der Waals surface area contributed by atoms with Crippen molar-refractivity contribution in [3.8, 4) is 5.75 Å². The molecule has 0 saturated heterocycles. The minimum atomic E-state index is -0.0302. The van der Waals surface area contributed by atoms with Gasteiger partial charge in [-0.2, -0.15) is 0 Å². The van der Waals surface area contributed by atoms with Gasteiger partial charge in [0.1, 0.15) is 5.75 Å². The van der Waals surface area contributed by atoms with E-state index in [1.165, 1.54) is 0 Å². The molecule has 0 aliphatic carbocycles. The molecule has 0 bridgehead atoms. The topological polar surface area (TPSA) is 59.6 Å². The van der Waals surface area contributed by atoms with Gasteiger partial charge in [-0.3, -0.25) is 4.79 Å². The van der Waals surface area contributed by atoms with E-state index in [4.69, 9.17) is 9.47 Å². The molecule has 20 heavy (non-hydrogen) atoms. The Morgan fingerprint density at radius 2 is 2.15 bits per heavy atom. The number of amides is 1. The highest BCUT2D eigenvalue weighted by Gasteiger charge is 2.01. The Kier molecular flexibility index (Phi) is 7.50. The molecule has 0 aromatic heterocycles. The van der Waals surface area contributed by atoms with Crippen LogP contribution in [-0.2, 0) is 9.53 Å². The van der Waals surface area contributed by atoms with E-state index in [2.05, 4.69) is 10.6 Å². The Morgan fingerprint density at radius 1 is 1.35 bits per heavy atom. The average Bonchev–Trinajstić information content (AvgIpc) is 2.44. The summed E-state index contributed by atoms with van der Waals surface area (Å²) in [6.07, 6.45) is 1.06. The summed E-state index contributed by atoms with van der Waals surface area (Å²) in [5.41, 5.74) is 0.864. The predicted octanol–water partition coefficient (Wildman–Crippen LogP) is 2.04. The summed E-state index contributed by atoms with van der Waals surface area (Å²) in [6.45, 7) is 5.54. The van der Waals surface area contributed by atoms with Crippen molar-refractivity contribution in [2.45, 2.75) is 26.4 Å². The first kappa shape index (κ1) is 16.3. The van der Waals surface area contributed by atoms with Crippen molar-refractivity contribution < 1.29 is 14.3 Å². The Bertz CT molecular complexity index is 408. The number of carbonyl (C=O) groups is 1. The number of methoxy groups -OCH3 is 1. The summed E-state index contributed by atoms with van der Waals surface area (Å²) in [5, 5.41) is 5.90. The highest BCUT2D eigenvalue weighted by Crippen LogP contribution is 2.16. The minimum Gasteiger partial charge on any atom is -0.497 e. The molecule has 1 rings (SSSR count). The SMILES string of the molecule is COc1cccc(NCC(=O)NCCCOC(C)C)c1. The number of hydrogen-bond donors (Lipinski definition) is 2. The highest BCUT2D eigenvalue weighted by atomic mass is 16.5. The van der Waals surface area contributed by atoms with Gasteiger partial charge in [-0.25, -0.2) is 0 Å². The van der Waals surface area contributed by atoms with Gasteiger partial charge in [0.15, 0.2) is 0 Å². The molecule has 0 fully saturated rings. The summed E-state index contributed by atoms with van der Waals surface area (Å²) in [4.78, 5) is 11.6. The molecular weight excluding hydrogens is 256 g/mol. The van der Waals surface area contributed by atoms with Gasteiger partial charge in [0.2, 0.25) is 5.91 Å².